The number of rotatable bonds is 3. The van der Waals surface area contributed by atoms with Crippen LogP contribution in [0.4, 0.5) is 10.1 Å². The summed E-state index contributed by atoms with van der Waals surface area (Å²) in [5.74, 6) is -0.334. The lowest BCUT2D eigenvalue weighted by Gasteiger charge is -2.15. The Morgan fingerprint density at radius 1 is 1.17 bits per heavy atom. The van der Waals surface area contributed by atoms with E-state index in [0.717, 1.165) is 11.3 Å². The fourth-order valence-electron chi connectivity index (χ4n) is 1.77. The summed E-state index contributed by atoms with van der Waals surface area (Å²) < 4.78 is 13.1. The molecule has 0 bridgehead atoms. The van der Waals surface area contributed by atoms with Crippen LogP contribution >= 0.6 is 0 Å². The lowest BCUT2D eigenvalue weighted by atomic mass is 10.1. The van der Waals surface area contributed by atoms with Crippen molar-refractivity contribution >= 4 is 5.69 Å². The molecule has 3 heteroatoms. The van der Waals surface area contributed by atoms with Gasteiger partial charge >= 0.3 is 0 Å². The molecule has 0 radical (unpaired) electrons. The standard InChI is InChI=1S/C15H13FN2/c1-11-5-2-3-8-14(11)18-15(10-17)12-6-4-7-13(16)9-12/h2-9,15,18H,1H3. The van der Waals surface area contributed by atoms with E-state index in [1.54, 1.807) is 12.1 Å². The number of nitrogens with zero attached hydrogens (tertiary/aromatic N) is 1. The van der Waals surface area contributed by atoms with Crippen LogP contribution in [0.5, 0.6) is 0 Å². The molecule has 0 spiro atoms. The normalized spacial score (nSPS) is 11.6. The smallest absolute Gasteiger partial charge is 0.140 e. The summed E-state index contributed by atoms with van der Waals surface area (Å²) in [4.78, 5) is 0. The van der Waals surface area contributed by atoms with Gasteiger partial charge in [0.1, 0.15) is 11.9 Å². The van der Waals surface area contributed by atoms with Gasteiger partial charge in [-0.05, 0) is 36.2 Å². The van der Waals surface area contributed by atoms with Gasteiger partial charge in [0, 0.05) is 5.69 Å². The SMILES string of the molecule is Cc1ccccc1NC(C#N)c1cccc(F)c1. The van der Waals surface area contributed by atoms with E-state index in [1.807, 2.05) is 31.2 Å². The van der Waals surface area contributed by atoms with Gasteiger partial charge in [-0.25, -0.2) is 4.39 Å². The van der Waals surface area contributed by atoms with Crippen molar-refractivity contribution in [1.82, 2.24) is 0 Å². The molecule has 0 amide bonds. The molecule has 0 saturated carbocycles. The van der Waals surface area contributed by atoms with Crippen molar-refractivity contribution in [3.8, 4) is 6.07 Å². The second-order valence-electron chi connectivity index (χ2n) is 4.08. The van der Waals surface area contributed by atoms with Crippen LogP contribution in [0, 0.1) is 24.1 Å². The highest BCUT2D eigenvalue weighted by Gasteiger charge is 2.11. The van der Waals surface area contributed by atoms with Crippen molar-refractivity contribution in [2.75, 3.05) is 5.32 Å². The van der Waals surface area contributed by atoms with Crippen molar-refractivity contribution in [1.29, 1.82) is 5.26 Å². The Balaban J connectivity index is 2.26. The van der Waals surface area contributed by atoms with E-state index in [2.05, 4.69) is 11.4 Å². The van der Waals surface area contributed by atoms with Crippen LogP contribution in [-0.2, 0) is 0 Å². The molecule has 2 aromatic carbocycles. The second kappa shape index (κ2) is 5.33. The highest BCUT2D eigenvalue weighted by molar-refractivity contribution is 5.53. The van der Waals surface area contributed by atoms with Crippen LogP contribution < -0.4 is 5.32 Å². The van der Waals surface area contributed by atoms with E-state index in [9.17, 15) is 9.65 Å². The molecule has 90 valence electrons. The molecule has 0 aromatic heterocycles. The topological polar surface area (TPSA) is 35.8 Å². The highest BCUT2D eigenvalue weighted by atomic mass is 19.1. The first kappa shape index (κ1) is 12.1. The molecule has 0 aliphatic heterocycles. The first-order valence-electron chi connectivity index (χ1n) is 5.68. The van der Waals surface area contributed by atoms with Crippen LogP contribution in [-0.4, -0.2) is 0 Å². The fourth-order valence-corrected chi connectivity index (χ4v) is 1.77. The Morgan fingerprint density at radius 3 is 2.61 bits per heavy atom. The molecular formula is C15H13FN2. The number of nitrogens with one attached hydrogen (secondary N) is 1. The Kier molecular flexibility index (Phi) is 3.59. The summed E-state index contributed by atoms with van der Waals surface area (Å²) in [6.45, 7) is 1.96. The predicted octanol–water partition coefficient (Wildman–Crippen LogP) is 3.81. The number of aryl methyl sites for hydroxylation is 1. The van der Waals surface area contributed by atoms with Crippen molar-refractivity contribution in [3.05, 3.63) is 65.5 Å². The zero-order valence-corrected chi connectivity index (χ0v) is 10.0. The van der Waals surface area contributed by atoms with E-state index in [4.69, 9.17) is 0 Å². The number of hydrogen-bond donors (Lipinski definition) is 1. The second-order valence-corrected chi connectivity index (χ2v) is 4.08. The summed E-state index contributed by atoms with van der Waals surface area (Å²) >= 11 is 0. The van der Waals surface area contributed by atoms with Gasteiger partial charge in [0.05, 0.1) is 6.07 Å². The summed E-state index contributed by atoms with van der Waals surface area (Å²) in [6, 6.07) is 15.4. The third kappa shape index (κ3) is 2.67. The highest BCUT2D eigenvalue weighted by Crippen LogP contribution is 2.22. The van der Waals surface area contributed by atoms with Crippen LogP contribution in [0.2, 0.25) is 0 Å². The third-order valence-electron chi connectivity index (χ3n) is 2.76. The molecule has 2 rings (SSSR count). The molecule has 0 aliphatic carbocycles. The molecule has 2 nitrogen and oxygen atoms in total. The summed E-state index contributed by atoms with van der Waals surface area (Å²) in [5, 5.41) is 12.3. The zero-order valence-electron chi connectivity index (χ0n) is 10.0. The van der Waals surface area contributed by atoms with E-state index >= 15 is 0 Å². The molecule has 1 atom stereocenters. The van der Waals surface area contributed by atoms with Crippen LogP contribution in [0.1, 0.15) is 17.2 Å². The number of para-hydroxylation sites is 1. The first-order valence-corrected chi connectivity index (χ1v) is 5.68. The van der Waals surface area contributed by atoms with Crippen molar-refractivity contribution < 1.29 is 4.39 Å². The van der Waals surface area contributed by atoms with E-state index in [-0.39, 0.29) is 5.82 Å². The summed E-state index contributed by atoms with van der Waals surface area (Å²) in [7, 11) is 0. The average molecular weight is 240 g/mol. The van der Waals surface area contributed by atoms with Crippen LogP contribution in [0.15, 0.2) is 48.5 Å². The largest absolute Gasteiger partial charge is 0.366 e. The minimum absolute atomic E-state index is 0.334. The van der Waals surface area contributed by atoms with E-state index < -0.39 is 6.04 Å². The zero-order chi connectivity index (χ0) is 13.0. The number of anilines is 1. The Labute approximate surface area is 106 Å². The maximum absolute atomic E-state index is 13.1. The van der Waals surface area contributed by atoms with Crippen molar-refractivity contribution in [2.24, 2.45) is 0 Å². The van der Waals surface area contributed by atoms with E-state index in [0.29, 0.717) is 5.56 Å². The van der Waals surface area contributed by atoms with Gasteiger partial charge in [0.2, 0.25) is 0 Å². The van der Waals surface area contributed by atoms with Gasteiger partial charge < -0.3 is 5.32 Å². The maximum atomic E-state index is 13.1. The van der Waals surface area contributed by atoms with Gasteiger partial charge in [-0.3, -0.25) is 0 Å². The maximum Gasteiger partial charge on any atom is 0.140 e. The molecule has 2 aromatic rings. The fraction of sp³-hybridized carbons (Fsp3) is 0.133. The Bertz CT molecular complexity index is 587. The molecule has 0 fully saturated rings. The lowest BCUT2D eigenvalue weighted by Crippen LogP contribution is -2.09. The first-order chi connectivity index (χ1) is 8.70. The third-order valence-corrected chi connectivity index (χ3v) is 2.76. The molecule has 1 unspecified atom stereocenters. The molecular weight excluding hydrogens is 227 g/mol. The predicted molar refractivity (Wildman–Crippen MR) is 69.6 cm³/mol. The van der Waals surface area contributed by atoms with Gasteiger partial charge in [-0.15, -0.1) is 0 Å². The Hall–Kier alpha value is -2.34. The Morgan fingerprint density at radius 2 is 1.94 bits per heavy atom. The van der Waals surface area contributed by atoms with Crippen molar-refractivity contribution in [2.45, 2.75) is 13.0 Å². The van der Waals surface area contributed by atoms with Gasteiger partial charge in [-0.1, -0.05) is 30.3 Å². The molecule has 0 heterocycles. The average Bonchev–Trinajstić information content (AvgIpc) is 2.38. The molecule has 0 aliphatic rings. The number of hydrogen-bond acceptors (Lipinski definition) is 2. The summed E-state index contributed by atoms with van der Waals surface area (Å²) in [5.41, 5.74) is 2.56. The van der Waals surface area contributed by atoms with Gasteiger partial charge in [0.25, 0.3) is 0 Å². The molecule has 18 heavy (non-hydrogen) atoms. The monoisotopic (exact) mass is 240 g/mol. The number of benzene rings is 2. The van der Waals surface area contributed by atoms with E-state index in [1.165, 1.54) is 12.1 Å². The van der Waals surface area contributed by atoms with Crippen LogP contribution in [0.25, 0.3) is 0 Å². The number of nitriles is 1. The van der Waals surface area contributed by atoms with Gasteiger partial charge in [0.15, 0.2) is 0 Å². The van der Waals surface area contributed by atoms with Gasteiger partial charge in [-0.2, -0.15) is 5.26 Å². The minimum Gasteiger partial charge on any atom is -0.366 e. The quantitative estimate of drug-likeness (QED) is 0.885. The van der Waals surface area contributed by atoms with Crippen molar-refractivity contribution in [3.63, 3.8) is 0 Å². The van der Waals surface area contributed by atoms with Crippen LogP contribution in [0.3, 0.4) is 0 Å². The lowest BCUT2D eigenvalue weighted by molar-refractivity contribution is 0.625. The molecule has 1 N–H and O–H groups in total. The molecule has 0 saturated heterocycles. The number of halogens is 1. The summed E-state index contributed by atoms with van der Waals surface area (Å²) in [6.07, 6.45) is 0. The minimum atomic E-state index is -0.554.